The molecule has 21 heavy (non-hydrogen) atoms. The molecule has 1 rings (SSSR count). The van der Waals surface area contributed by atoms with Gasteiger partial charge in [0.25, 0.3) is 5.91 Å². The number of carbonyl (C=O) groups excluding carboxylic acids is 1. The topological polar surface area (TPSA) is 66.5 Å². The maximum absolute atomic E-state index is 12.0. The first-order chi connectivity index (χ1) is 9.77. The van der Waals surface area contributed by atoms with Gasteiger partial charge in [-0.15, -0.1) is 0 Å². The van der Waals surface area contributed by atoms with Crippen LogP contribution in [0.4, 0.5) is 5.69 Å². The van der Waals surface area contributed by atoms with Gasteiger partial charge in [-0.1, -0.05) is 19.9 Å². The lowest BCUT2D eigenvalue weighted by molar-refractivity contribution is 0.0952. The Hall–Kier alpha value is -1.56. The molecule has 0 atom stereocenters. The molecule has 0 saturated carbocycles. The number of hydrogen-bond acceptors (Lipinski definition) is 3. The van der Waals surface area contributed by atoms with Crippen molar-refractivity contribution in [3.63, 3.8) is 0 Å². The average Bonchev–Trinajstić information content (AvgIpc) is 2.46. The van der Waals surface area contributed by atoms with Crippen molar-refractivity contribution in [1.29, 1.82) is 0 Å². The first kappa shape index (κ1) is 17.5. The van der Waals surface area contributed by atoms with Crippen molar-refractivity contribution in [3.05, 3.63) is 29.8 Å². The summed E-state index contributed by atoms with van der Waals surface area (Å²) in [5.74, 6) is 0.367. The van der Waals surface area contributed by atoms with E-state index in [0.717, 1.165) is 6.42 Å². The molecular formula is C15H24N2O3S. The highest BCUT2D eigenvalue weighted by atomic mass is 32.2. The van der Waals surface area contributed by atoms with Crippen molar-refractivity contribution in [1.82, 2.24) is 5.32 Å². The number of hydrogen-bond donors (Lipinski definition) is 1. The van der Waals surface area contributed by atoms with Gasteiger partial charge in [0.1, 0.15) is 0 Å². The first-order valence-electron chi connectivity index (χ1n) is 7.12. The van der Waals surface area contributed by atoms with E-state index in [1.54, 1.807) is 31.2 Å². The van der Waals surface area contributed by atoms with Gasteiger partial charge in [-0.05, 0) is 37.5 Å². The van der Waals surface area contributed by atoms with Gasteiger partial charge in [-0.3, -0.25) is 9.10 Å². The van der Waals surface area contributed by atoms with E-state index in [1.807, 2.05) is 0 Å². The third kappa shape index (κ3) is 5.04. The molecule has 118 valence electrons. The van der Waals surface area contributed by atoms with Gasteiger partial charge in [0, 0.05) is 19.2 Å². The van der Waals surface area contributed by atoms with Crippen LogP contribution in [0, 0.1) is 5.92 Å². The van der Waals surface area contributed by atoms with Gasteiger partial charge in [0.15, 0.2) is 0 Å². The third-order valence-corrected chi connectivity index (χ3v) is 5.04. The minimum absolute atomic E-state index is 0.0221. The van der Waals surface area contributed by atoms with Gasteiger partial charge in [0.2, 0.25) is 10.0 Å². The lowest BCUT2D eigenvalue weighted by Crippen LogP contribution is -2.29. The van der Waals surface area contributed by atoms with Crippen LogP contribution in [0.5, 0.6) is 0 Å². The molecule has 0 aliphatic carbocycles. The largest absolute Gasteiger partial charge is 0.352 e. The maximum atomic E-state index is 12.0. The monoisotopic (exact) mass is 312 g/mol. The highest BCUT2D eigenvalue weighted by Crippen LogP contribution is 2.18. The fourth-order valence-corrected chi connectivity index (χ4v) is 2.60. The molecule has 0 aromatic heterocycles. The van der Waals surface area contributed by atoms with Crippen molar-refractivity contribution in [2.45, 2.75) is 27.2 Å². The zero-order chi connectivity index (χ0) is 16.0. The second-order valence-electron chi connectivity index (χ2n) is 5.36. The smallest absolute Gasteiger partial charge is 0.251 e. The minimum atomic E-state index is -3.32. The predicted molar refractivity (Wildman–Crippen MR) is 86.1 cm³/mol. The van der Waals surface area contributed by atoms with Crippen LogP contribution in [0.2, 0.25) is 0 Å². The molecular weight excluding hydrogens is 288 g/mol. The molecule has 0 fully saturated rings. The molecule has 0 saturated heterocycles. The summed E-state index contributed by atoms with van der Waals surface area (Å²) in [5.41, 5.74) is 0.961. The van der Waals surface area contributed by atoms with Crippen LogP contribution >= 0.6 is 0 Å². The Morgan fingerprint density at radius 3 is 2.57 bits per heavy atom. The number of anilines is 1. The molecule has 5 nitrogen and oxygen atoms in total. The Labute approximate surface area is 127 Å². The molecule has 0 spiro atoms. The zero-order valence-corrected chi connectivity index (χ0v) is 13.9. The number of nitrogens with zero attached hydrogens (tertiary/aromatic N) is 1. The Morgan fingerprint density at radius 2 is 2.00 bits per heavy atom. The first-order valence-corrected chi connectivity index (χ1v) is 8.73. The van der Waals surface area contributed by atoms with Gasteiger partial charge >= 0.3 is 0 Å². The van der Waals surface area contributed by atoms with Gasteiger partial charge in [-0.2, -0.15) is 0 Å². The normalized spacial score (nSPS) is 11.5. The van der Waals surface area contributed by atoms with E-state index >= 15 is 0 Å². The van der Waals surface area contributed by atoms with Crippen molar-refractivity contribution >= 4 is 21.6 Å². The number of carbonyl (C=O) groups is 1. The zero-order valence-electron chi connectivity index (χ0n) is 13.1. The van der Waals surface area contributed by atoms with Crippen molar-refractivity contribution < 1.29 is 13.2 Å². The summed E-state index contributed by atoms with van der Waals surface area (Å²) in [6.45, 7) is 6.40. The van der Waals surface area contributed by atoms with Crippen LogP contribution < -0.4 is 9.62 Å². The number of nitrogens with one attached hydrogen (secondary N) is 1. The molecule has 0 unspecified atom stereocenters. The predicted octanol–water partition coefficient (Wildman–Crippen LogP) is 2.25. The summed E-state index contributed by atoms with van der Waals surface area (Å²) >= 11 is 0. The molecule has 1 aromatic carbocycles. The summed E-state index contributed by atoms with van der Waals surface area (Å²) in [7, 11) is -1.83. The van der Waals surface area contributed by atoms with Gasteiger partial charge in [0.05, 0.1) is 11.4 Å². The Kier molecular flexibility index (Phi) is 6.20. The van der Waals surface area contributed by atoms with Crippen molar-refractivity contribution in [2.75, 3.05) is 23.7 Å². The quantitative estimate of drug-likeness (QED) is 0.839. The van der Waals surface area contributed by atoms with Crippen molar-refractivity contribution in [2.24, 2.45) is 5.92 Å². The van der Waals surface area contributed by atoms with Crippen LogP contribution in [-0.4, -0.2) is 33.7 Å². The standard InChI is InChI=1S/C15H24N2O3S/c1-5-21(19,20)17(4)14-8-6-7-13(11-14)15(18)16-10-9-12(2)3/h6-8,11-12H,5,9-10H2,1-4H3,(H,16,18). The highest BCUT2D eigenvalue weighted by Gasteiger charge is 2.17. The third-order valence-electron chi connectivity index (χ3n) is 3.26. The minimum Gasteiger partial charge on any atom is -0.352 e. The molecule has 6 heteroatoms. The fraction of sp³-hybridized carbons (Fsp3) is 0.533. The summed E-state index contributed by atoms with van der Waals surface area (Å²) < 4.78 is 24.9. The number of sulfonamides is 1. The van der Waals surface area contributed by atoms with E-state index < -0.39 is 10.0 Å². The number of rotatable bonds is 7. The molecule has 0 aliphatic rings. The molecule has 0 bridgehead atoms. The van der Waals surface area contributed by atoms with Crippen LogP contribution in [0.3, 0.4) is 0 Å². The van der Waals surface area contributed by atoms with Crippen LogP contribution in [0.15, 0.2) is 24.3 Å². The van der Waals surface area contributed by atoms with Gasteiger partial charge < -0.3 is 5.32 Å². The molecule has 0 heterocycles. The van der Waals surface area contributed by atoms with E-state index in [9.17, 15) is 13.2 Å². The summed E-state index contributed by atoms with van der Waals surface area (Å²) in [5, 5.41) is 2.84. The summed E-state index contributed by atoms with van der Waals surface area (Å²) in [4.78, 5) is 12.0. The van der Waals surface area contributed by atoms with E-state index in [4.69, 9.17) is 0 Å². The van der Waals surface area contributed by atoms with E-state index in [2.05, 4.69) is 19.2 Å². The molecule has 0 aliphatic heterocycles. The lowest BCUT2D eigenvalue weighted by Gasteiger charge is -2.19. The summed E-state index contributed by atoms with van der Waals surface area (Å²) in [6, 6.07) is 6.64. The molecule has 0 radical (unpaired) electrons. The van der Waals surface area contributed by atoms with Crippen LogP contribution in [0.1, 0.15) is 37.6 Å². The second-order valence-corrected chi connectivity index (χ2v) is 7.65. The van der Waals surface area contributed by atoms with Crippen LogP contribution in [-0.2, 0) is 10.0 Å². The lowest BCUT2D eigenvalue weighted by atomic mass is 10.1. The number of benzene rings is 1. The molecule has 1 amide bonds. The van der Waals surface area contributed by atoms with E-state index in [1.165, 1.54) is 11.4 Å². The second kappa shape index (κ2) is 7.45. The SMILES string of the molecule is CCS(=O)(=O)N(C)c1cccc(C(=O)NCCC(C)C)c1. The molecule has 1 aromatic rings. The van der Waals surface area contributed by atoms with Crippen molar-refractivity contribution in [3.8, 4) is 0 Å². The van der Waals surface area contributed by atoms with Crippen LogP contribution in [0.25, 0.3) is 0 Å². The number of amides is 1. The Bertz CT molecular complexity index is 582. The van der Waals surface area contributed by atoms with Gasteiger partial charge in [-0.25, -0.2) is 8.42 Å². The maximum Gasteiger partial charge on any atom is 0.251 e. The van der Waals surface area contributed by atoms with E-state index in [0.29, 0.717) is 23.7 Å². The van der Waals surface area contributed by atoms with E-state index in [-0.39, 0.29) is 11.7 Å². The Morgan fingerprint density at radius 1 is 1.33 bits per heavy atom. The average molecular weight is 312 g/mol. The summed E-state index contributed by atoms with van der Waals surface area (Å²) in [6.07, 6.45) is 0.912. The molecule has 1 N–H and O–H groups in total. The fourth-order valence-electron chi connectivity index (χ4n) is 1.77. The highest BCUT2D eigenvalue weighted by molar-refractivity contribution is 7.92. The Balaban J connectivity index is 2.83.